The van der Waals surface area contributed by atoms with E-state index in [4.69, 9.17) is 0 Å². The maximum absolute atomic E-state index is 12.1. The van der Waals surface area contributed by atoms with Crippen molar-refractivity contribution in [3.63, 3.8) is 0 Å². The Hall–Kier alpha value is -2.89. The molecule has 174 valence electrons. The molecule has 33 heavy (non-hydrogen) atoms. The zero-order valence-electron chi connectivity index (χ0n) is 20.3. The molecule has 6 heteroatoms. The second kappa shape index (κ2) is 8.47. The summed E-state index contributed by atoms with van der Waals surface area (Å²) in [5.41, 5.74) is 5.42. The van der Waals surface area contributed by atoms with Crippen LogP contribution in [0.1, 0.15) is 59.8 Å². The fourth-order valence-corrected chi connectivity index (χ4v) is 4.92. The van der Waals surface area contributed by atoms with Crippen LogP contribution < -0.4 is 10.2 Å². The summed E-state index contributed by atoms with van der Waals surface area (Å²) in [7, 11) is 0. The zero-order valence-corrected chi connectivity index (χ0v) is 20.3. The first kappa shape index (κ1) is 21.9. The summed E-state index contributed by atoms with van der Waals surface area (Å²) in [6.45, 7) is 11.2. The van der Waals surface area contributed by atoms with E-state index < -0.39 is 0 Å². The molecule has 2 aliphatic carbocycles. The Morgan fingerprint density at radius 3 is 2.70 bits per heavy atom. The summed E-state index contributed by atoms with van der Waals surface area (Å²) in [5, 5.41) is 7.48. The number of rotatable bonds is 5. The van der Waals surface area contributed by atoms with Crippen molar-refractivity contribution >= 4 is 23.3 Å². The number of pyridine rings is 1. The van der Waals surface area contributed by atoms with Crippen LogP contribution in [0.3, 0.4) is 0 Å². The molecule has 0 bridgehead atoms. The molecule has 2 aromatic rings. The predicted octanol–water partition coefficient (Wildman–Crippen LogP) is 5.54. The molecule has 0 radical (unpaired) electrons. The van der Waals surface area contributed by atoms with Crippen molar-refractivity contribution in [2.75, 3.05) is 23.3 Å². The van der Waals surface area contributed by atoms with Gasteiger partial charge in [0.1, 0.15) is 5.82 Å². The third-order valence-electron chi connectivity index (χ3n) is 7.95. The minimum atomic E-state index is 0.0401. The van der Waals surface area contributed by atoms with Crippen LogP contribution in [-0.2, 0) is 4.79 Å². The van der Waals surface area contributed by atoms with Gasteiger partial charge in [0.05, 0.1) is 0 Å². The fraction of sp³-hybridized carbons (Fsp3) is 0.519. The van der Waals surface area contributed by atoms with Gasteiger partial charge in [0.25, 0.3) is 0 Å². The van der Waals surface area contributed by atoms with Crippen molar-refractivity contribution in [3.8, 4) is 0 Å². The number of carbonyl (C=O) groups excluding carboxylic acids is 1. The number of anilines is 2. The smallest absolute Gasteiger partial charge is 0.249 e. The van der Waals surface area contributed by atoms with E-state index >= 15 is 0 Å². The van der Waals surface area contributed by atoms with Gasteiger partial charge in [0, 0.05) is 24.9 Å². The van der Waals surface area contributed by atoms with Crippen LogP contribution in [0.5, 0.6) is 0 Å². The molecule has 5 rings (SSSR count). The Kier molecular flexibility index (Phi) is 5.63. The molecule has 6 nitrogen and oxygen atoms in total. The predicted molar refractivity (Wildman–Crippen MR) is 133 cm³/mol. The van der Waals surface area contributed by atoms with Crippen molar-refractivity contribution in [1.29, 1.82) is 0 Å². The summed E-state index contributed by atoms with van der Waals surface area (Å²) in [4.78, 5) is 19.0. The molecule has 1 amide bonds. The molecule has 1 saturated heterocycles. The molecule has 2 aromatic heterocycles. The topological polar surface area (TPSA) is 62.5 Å². The standard InChI is InChI=1S/C27H35N5O/c1-18-8-9-21(20(3)19(18)2)12-13-27(4)14-16-31(17-15-27)24-7-5-6-23-28-26(30-32(23)24)29-25(33)22-10-11-22/h5-9,12,20,22H,10-11,13-17H2,1-4H3,(H,29,30,33). The van der Waals surface area contributed by atoms with Crippen molar-refractivity contribution in [3.05, 3.63) is 53.1 Å². The minimum Gasteiger partial charge on any atom is -0.356 e. The minimum absolute atomic E-state index is 0.0401. The second-order valence-electron chi connectivity index (χ2n) is 10.5. The van der Waals surface area contributed by atoms with Gasteiger partial charge in [-0.25, -0.2) is 0 Å². The lowest BCUT2D eigenvalue weighted by molar-refractivity contribution is -0.117. The Morgan fingerprint density at radius 2 is 1.97 bits per heavy atom. The average molecular weight is 446 g/mol. The number of allylic oxidation sites excluding steroid dienone is 6. The lowest BCUT2D eigenvalue weighted by Gasteiger charge is -2.40. The Bertz CT molecular complexity index is 1160. The number of nitrogens with zero attached hydrogens (tertiary/aromatic N) is 4. The van der Waals surface area contributed by atoms with Crippen molar-refractivity contribution in [1.82, 2.24) is 14.6 Å². The van der Waals surface area contributed by atoms with Crippen LogP contribution in [0, 0.1) is 17.3 Å². The van der Waals surface area contributed by atoms with Gasteiger partial charge in [-0.2, -0.15) is 9.50 Å². The Balaban J connectivity index is 1.26. The van der Waals surface area contributed by atoms with Crippen molar-refractivity contribution in [2.24, 2.45) is 17.3 Å². The van der Waals surface area contributed by atoms with E-state index in [9.17, 15) is 4.79 Å². The second-order valence-corrected chi connectivity index (χ2v) is 10.5. The van der Waals surface area contributed by atoms with E-state index in [1.807, 2.05) is 16.6 Å². The Labute approximate surface area is 196 Å². The van der Waals surface area contributed by atoms with Gasteiger partial charge >= 0.3 is 0 Å². The van der Waals surface area contributed by atoms with Gasteiger partial charge < -0.3 is 4.90 Å². The van der Waals surface area contributed by atoms with Gasteiger partial charge in [-0.15, -0.1) is 5.10 Å². The number of hydrogen-bond donors (Lipinski definition) is 1. The van der Waals surface area contributed by atoms with Crippen LogP contribution in [0.25, 0.3) is 5.65 Å². The first-order valence-electron chi connectivity index (χ1n) is 12.3. The number of aromatic nitrogens is 3. The SMILES string of the molecule is CC1=C(C)C(C)C(=CCC2(C)CCN(c3cccc4nc(NC(=O)C5CC5)nn34)CC2)C=C1. The van der Waals surface area contributed by atoms with Crippen molar-refractivity contribution in [2.45, 2.75) is 59.8 Å². The van der Waals surface area contributed by atoms with E-state index in [1.165, 1.54) is 16.7 Å². The molecule has 1 aliphatic heterocycles. The number of piperidine rings is 1. The van der Waals surface area contributed by atoms with Crippen molar-refractivity contribution < 1.29 is 4.79 Å². The first-order chi connectivity index (χ1) is 15.8. The van der Waals surface area contributed by atoms with Crippen LogP contribution in [0.4, 0.5) is 11.8 Å². The largest absolute Gasteiger partial charge is 0.356 e. The van der Waals surface area contributed by atoms with Gasteiger partial charge in [0.15, 0.2) is 5.65 Å². The highest BCUT2D eigenvalue weighted by molar-refractivity contribution is 5.92. The highest BCUT2D eigenvalue weighted by Gasteiger charge is 2.32. The summed E-state index contributed by atoms with van der Waals surface area (Å²) in [6.07, 6.45) is 12.4. The van der Waals surface area contributed by atoms with Crippen LogP contribution >= 0.6 is 0 Å². The number of hydrogen-bond acceptors (Lipinski definition) is 4. The van der Waals surface area contributed by atoms with Gasteiger partial charge in [-0.3, -0.25) is 10.1 Å². The molecule has 1 saturated carbocycles. The van der Waals surface area contributed by atoms with Gasteiger partial charge in [0.2, 0.25) is 11.9 Å². The first-order valence-corrected chi connectivity index (χ1v) is 12.3. The quantitative estimate of drug-likeness (QED) is 0.656. The van der Waals surface area contributed by atoms with Crippen LogP contribution in [-0.4, -0.2) is 33.6 Å². The normalized spacial score (nSPS) is 24.1. The Morgan fingerprint density at radius 1 is 1.21 bits per heavy atom. The van der Waals surface area contributed by atoms with Crippen LogP contribution in [0.15, 0.2) is 53.1 Å². The summed E-state index contributed by atoms with van der Waals surface area (Å²) < 4.78 is 1.87. The summed E-state index contributed by atoms with van der Waals surface area (Å²) in [6, 6.07) is 6.07. The lowest BCUT2D eigenvalue weighted by atomic mass is 9.76. The number of nitrogens with one attached hydrogen (secondary N) is 1. The van der Waals surface area contributed by atoms with Crippen LogP contribution in [0.2, 0.25) is 0 Å². The zero-order chi connectivity index (χ0) is 23.2. The van der Waals surface area contributed by atoms with E-state index in [0.717, 1.165) is 56.7 Å². The maximum atomic E-state index is 12.1. The molecule has 1 N–H and O–H groups in total. The fourth-order valence-electron chi connectivity index (χ4n) is 4.92. The monoisotopic (exact) mass is 445 g/mol. The molecule has 3 heterocycles. The van der Waals surface area contributed by atoms with E-state index in [2.05, 4.69) is 72.3 Å². The number of amides is 1. The number of carbonyl (C=O) groups is 1. The maximum Gasteiger partial charge on any atom is 0.249 e. The van der Waals surface area contributed by atoms with E-state index in [0.29, 0.717) is 17.3 Å². The third-order valence-corrected chi connectivity index (χ3v) is 7.95. The highest BCUT2D eigenvalue weighted by Crippen LogP contribution is 2.38. The molecule has 0 aromatic carbocycles. The van der Waals surface area contributed by atoms with Gasteiger partial charge in [-0.05, 0) is 69.1 Å². The van der Waals surface area contributed by atoms with E-state index in [1.54, 1.807) is 0 Å². The third kappa shape index (κ3) is 4.48. The summed E-state index contributed by atoms with van der Waals surface area (Å²) in [5.74, 6) is 2.15. The summed E-state index contributed by atoms with van der Waals surface area (Å²) >= 11 is 0. The highest BCUT2D eigenvalue weighted by atomic mass is 16.2. The molecule has 1 atom stereocenters. The molecular formula is C27H35N5O. The molecule has 0 spiro atoms. The molecule has 3 aliphatic rings. The lowest BCUT2D eigenvalue weighted by Crippen LogP contribution is -2.39. The molecule has 2 fully saturated rings. The van der Waals surface area contributed by atoms with Gasteiger partial charge in [-0.1, -0.05) is 49.3 Å². The van der Waals surface area contributed by atoms with E-state index in [-0.39, 0.29) is 11.8 Å². The molecule has 1 unspecified atom stereocenters. The molecular weight excluding hydrogens is 410 g/mol. The average Bonchev–Trinajstić information content (AvgIpc) is 3.57. The number of fused-ring (bicyclic) bond motifs is 1.